The van der Waals surface area contributed by atoms with Crippen molar-refractivity contribution < 1.29 is 0 Å². The van der Waals surface area contributed by atoms with Crippen molar-refractivity contribution in [3.63, 3.8) is 0 Å². The van der Waals surface area contributed by atoms with E-state index in [1.165, 1.54) is 25.7 Å². The molecule has 1 aliphatic carbocycles. The van der Waals surface area contributed by atoms with Crippen molar-refractivity contribution in [2.45, 2.75) is 45.6 Å². The molecule has 1 saturated carbocycles. The molecule has 0 bridgehead atoms. The van der Waals surface area contributed by atoms with Crippen LogP contribution in [0.5, 0.6) is 0 Å². The molecule has 0 radical (unpaired) electrons. The molecule has 1 aromatic carbocycles. The third-order valence-corrected chi connectivity index (χ3v) is 4.56. The summed E-state index contributed by atoms with van der Waals surface area (Å²) >= 11 is 0. The first kappa shape index (κ1) is 15.8. The maximum Gasteiger partial charge on any atom is 0.225 e. The van der Waals surface area contributed by atoms with Gasteiger partial charge in [0.05, 0.1) is 5.69 Å². The van der Waals surface area contributed by atoms with Gasteiger partial charge in [-0.05, 0) is 26.7 Å². The topological polar surface area (TPSA) is 41.1 Å². The van der Waals surface area contributed by atoms with E-state index in [0.29, 0.717) is 6.04 Å². The van der Waals surface area contributed by atoms with E-state index < -0.39 is 0 Å². The Labute approximate surface area is 139 Å². The van der Waals surface area contributed by atoms with E-state index in [4.69, 9.17) is 9.97 Å². The molecule has 1 heterocycles. The van der Waals surface area contributed by atoms with Crippen molar-refractivity contribution in [2.24, 2.45) is 0 Å². The van der Waals surface area contributed by atoms with E-state index in [1.54, 1.807) is 0 Å². The highest BCUT2D eigenvalue weighted by atomic mass is 15.2. The monoisotopic (exact) mass is 310 g/mol. The number of hydrogen-bond donors (Lipinski definition) is 1. The smallest absolute Gasteiger partial charge is 0.225 e. The lowest BCUT2D eigenvalue weighted by molar-refractivity contribution is 0.742. The predicted octanol–water partition coefficient (Wildman–Crippen LogP) is 4.34. The lowest BCUT2D eigenvalue weighted by Crippen LogP contribution is -2.24. The molecule has 4 nitrogen and oxygen atoms in total. The summed E-state index contributed by atoms with van der Waals surface area (Å²) in [5.41, 5.74) is 2.13. The number of benzene rings is 1. The third kappa shape index (κ3) is 3.81. The minimum absolute atomic E-state index is 0.519. The van der Waals surface area contributed by atoms with Gasteiger partial charge in [0.15, 0.2) is 0 Å². The fraction of sp³-hybridized carbons (Fsp3) is 0.474. The van der Waals surface area contributed by atoms with Gasteiger partial charge in [-0.2, -0.15) is 4.98 Å². The maximum atomic E-state index is 4.77. The second-order valence-electron chi connectivity index (χ2n) is 6.10. The summed E-state index contributed by atoms with van der Waals surface area (Å²) in [6.45, 7) is 6.23. The van der Waals surface area contributed by atoms with Crippen molar-refractivity contribution in [1.82, 2.24) is 9.97 Å². The Morgan fingerprint density at radius 3 is 2.39 bits per heavy atom. The van der Waals surface area contributed by atoms with Crippen LogP contribution < -0.4 is 10.2 Å². The Kier molecular flexibility index (Phi) is 5.11. The standard InChI is InChI=1S/C19H26N4/c1-3-23(4-2)18-14-17(15-10-6-5-7-11-15)21-19(22-18)20-16-12-8-9-13-16/h5-7,10-11,14,16H,3-4,8-9,12-13H2,1-2H3,(H,20,21,22). The van der Waals surface area contributed by atoms with Crippen LogP contribution in [-0.4, -0.2) is 29.1 Å². The number of aromatic nitrogens is 2. The van der Waals surface area contributed by atoms with Crippen LogP contribution in [0.25, 0.3) is 11.3 Å². The van der Waals surface area contributed by atoms with E-state index in [-0.39, 0.29) is 0 Å². The summed E-state index contributed by atoms with van der Waals surface area (Å²) in [6.07, 6.45) is 5.05. The van der Waals surface area contributed by atoms with Crippen LogP contribution in [0.15, 0.2) is 36.4 Å². The molecular weight excluding hydrogens is 284 g/mol. The molecule has 122 valence electrons. The van der Waals surface area contributed by atoms with Gasteiger partial charge in [-0.15, -0.1) is 0 Å². The van der Waals surface area contributed by atoms with Gasteiger partial charge in [0.2, 0.25) is 5.95 Å². The van der Waals surface area contributed by atoms with Crippen molar-refractivity contribution in [2.75, 3.05) is 23.3 Å². The van der Waals surface area contributed by atoms with Crippen LogP contribution in [0.4, 0.5) is 11.8 Å². The Morgan fingerprint density at radius 1 is 1.04 bits per heavy atom. The van der Waals surface area contributed by atoms with Crippen LogP contribution in [0.1, 0.15) is 39.5 Å². The molecule has 0 unspecified atom stereocenters. The summed E-state index contributed by atoms with van der Waals surface area (Å²) in [6, 6.07) is 13.0. The third-order valence-electron chi connectivity index (χ3n) is 4.56. The molecular formula is C19H26N4. The highest BCUT2D eigenvalue weighted by molar-refractivity contribution is 5.64. The van der Waals surface area contributed by atoms with E-state index in [1.807, 2.05) is 6.07 Å². The number of nitrogens with one attached hydrogen (secondary N) is 1. The highest BCUT2D eigenvalue weighted by Gasteiger charge is 2.17. The quantitative estimate of drug-likeness (QED) is 0.861. The van der Waals surface area contributed by atoms with Gasteiger partial charge in [0, 0.05) is 30.8 Å². The Bertz CT molecular complexity index is 617. The van der Waals surface area contributed by atoms with E-state index >= 15 is 0 Å². The van der Waals surface area contributed by atoms with Gasteiger partial charge in [0.25, 0.3) is 0 Å². The minimum Gasteiger partial charge on any atom is -0.357 e. The molecule has 1 N–H and O–H groups in total. The average molecular weight is 310 g/mol. The van der Waals surface area contributed by atoms with Gasteiger partial charge < -0.3 is 10.2 Å². The SMILES string of the molecule is CCN(CC)c1cc(-c2ccccc2)nc(NC2CCCC2)n1. The van der Waals surface area contributed by atoms with Gasteiger partial charge >= 0.3 is 0 Å². The number of anilines is 2. The Balaban J connectivity index is 1.95. The van der Waals surface area contributed by atoms with Gasteiger partial charge in [-0.1, -0.05) is 43.2 Å². The largest absolute Gasteiger partial charge is 0.357 e. The number of nitrogens with zero attached hydrogens (tertiary/aromatic N) is 3. The van der Waals surface area contributed by atoms with Crippen LogP contribution in [-0.2, 0) is 0 Å². The normalized spacial score (nSPS) is 14.9. The maximum absolute atomic E-state index is 4.77. The molecule has 23 heavy (non-hydrogen) atoms. The molecule has 0 aliphatic heterocycles. The summed E-state index contributed by atoms with van der Waals surface area (Å²) in [5.74, 6) is 1.77. The molecule has 0 atom stereocenters. The van der Waals surface area contributed by atoms with Crippen molar-refractivity contribution >= 4 is 11.8 Å². The lowest BCUT2D eigenvalue weighted by atomic mass is 10.1. The zero-order valence-electron chi connectivity index (χ0n) is 14.1. The van der Waals surface area contributed by atoms with Crippen LogP contribution in [0.3, 0.4) is 0 Å². The summed E-state index contributed by atoms with van der Waals surface area (Å²) in [7, 11) is 0. The van der Waals surface area contributed by atoms with Crippen LogP contribution >= 0.6 is 0 Å². The molecule has 1 fully saturated rings. The lowest BCUT2D eigenvalue weighted by Gasteiger charge is -2.22. The fourth-order valence-corrected chi connectivity index (χ4v) is 3.22. The Morgan fingerprint density at radius 2 is 1.74 bits per heavy atom. The molecule has 3 rings (SSSR count). The Hall–Kier alpha value is -2.10. The van der Waals surface area contributed by atoms with E-state index in [9.17, 15) is 0 Å². The first-order valence-electron chi connectivity index (χ1n) is 8.76. The first-order valence-corrected chi connectivity index (χ1v) is 8.76. The molecule has 4 heteroatoms. The number of hydrogen-bond acceptors (Lipinski definition) is 4. The van der Waals surface area contributed by atoms with Gasteiger partial charge in [0.1, 0.15) is 5.82 Å². The van der Waals surface area contributed by atoms with E-state index in [0.717, 1.165) is 36.1 Å². The zero-order valence-corrected chi connectivity index (χ0v) is 14.1. The predicted molar refractivity (Wildman–Crippen MR) is 96.9 cm³/mol. The van der Waals surface area contributed by atoms with E-state index in [2.05, 4.69) is 54.4 Å². The summed E-state index contributed by atoms with van der Waals surface area (Å²) < 4.78 is 0. The molecule has 0 spiro atoms. The van der Waals surface area contributed by atoms with Gasteiger partial charge in [-0.3, -0.25) is 0 Å². The zero-order chi connectivity index (χ0) is 16.1. The molecule has 0 saturated heterocycles. The van der Waals surface area contributed by atoms with Crippen molar-refractivity contribution in [3.05, 3.63) is 36.4 Å². The van der Waals surface area contributed by atoms with Crippen molar-refractivity contribution in [1.29, 1.82) is 0 Å². The highest BCUT2D eigenvalue weighted by Crippen LogP contribution is 2.26. The second kappa shape index (κ2) is 7.44. The summed E-state index contributed by atoms with van der Waals surface area (Å²) in [5, 5.41) is 3.55. The second-order valence-corrected chi connectivity index (χ2v) is 6.10. The average Bonchev–Trinajstić information content (AvgIpc) is 3.10. The fourth-order valence-electron chi connectivity index (χ4n) is 3.22. The number of rotatable bonds is 6. The minimum atomic E-state index is 0.519. The molecule has 1 aliphatic rings. The first-order chi connectivity index (χ1) is 11.3. The molecule has 0 amide bonds. The van der Waals surface area contributed by atoms with Crippen LogP contribution in [0.2, 0.25) is 0 Å². The van der Waals surface area contributed by atoms with Gasteiger partial charge in [-0.25, -0.2) is 4.98 Å². The summed E-state index contributed by atoms with van der Waals surface area (Å²) in [4.78, 5) is 11.8. The van der Waals surface area contributed by atoms with Crippen LogP contribution in [0, 0.1) is 0 Å². The molecule has 1 aromatic heterocycles. The van der Waals surface area contributed by atoms with Crippen molar-refractivity contribution in [3.8, 4) is 11.3 Å². The molecule has 2 aromatic rings.